The van der Waals surface area contributed by atoms with Crippen LogP contribution in [0.2, 0.25) is 0 Å². The largest absolute Gasteiger partial charge is 0.465 e. The summed E-state index contributed by atoms with van der Waals surface area (Å²) >= 11 is 0. The number of benzene rings is 1. The molecule has 2 N–H and O–H groups in total. The van der Waals surface area contributed by atoms with Crippen LogP contribution in [0.3, 0.4) is 0 Å². The molecule has 0 spiro atoms. The zero-order valence-corrected chi connectivity index (χ0v) is 12.9. The van der Waals surface area contributed by atoms with Crippen LogP contribution in [-0.2, 0) is 14.2 Å². The van der Waals surface area contributed by atoms with Gasteiger partial charge in [-0.3, -0.25) is 0 Å². The van der Waals surface area contributed by atoms with Gasteiger partial charge in [0.2, 0.25) is 0 Å². The second-order valence-electron chi connectivity index (χ2n) is 4.94. The van der Waals surface area contributed by atoms with Gasteiger partial charge in [0.25, 0.3) is 0 Å². The van der Waals surface area contributed by atoms with Crippen LogP contribution < -0.4 is 10.6 Å². The Morgan fingerprint density at radius 1 is 1.09 bits per heavy atom. The number of ether oxygens (including phenoxy) is 3. The second kappa shape index (κ2) is 7.59. The van der Waals surface area contributed by atoms with Crippen molar-refractivity contribution >= 4 is 23.7 Å². The summed E-state index contributed by atoms with van der Waals surface area (Å²) in [4.78, 5) is 35.3. The standard InChI is InChI=1S/C15H18N2O6/c1-21-13(18)9-5-10(14(19)22-2)7-12(6-9)17-15(20)16-11-3-4-23-8-11/h5-7,11H,3-4,8H2,1-2H3,(H2,16,17,20)/t11-/m0/s1. The normalized spacial score (nSPS) is 16.5. The Morgan fingerprint density at radius 3 is 2.17 bits per heavy atom. The zero-order valence-electron chi connectivity index (χ0n) is 12.9. The third kappa shape index (κ3) is 4.43. The number of carbonyl (C=O) groups excluding carboxylic acids is 3. The van der Waals surface area contributed by atoms with Crippen molar-refractivity contribution in [2.24, 2.45) is 0 Å². The molecule has 124 valence electrons. The highest BCUT2D eigenvalue weighted by Crippen LogP contribution is 2.17. The molecule has 1 saturated heterocycles. The topological polar surface area (TPSA) is 103 Å². The van der Waals surface area contributed by atoms with Gasteiger partial charge < -0.3 is 24.8 Å². The second-order valence-corrected chi connectivity index (χ2v) is 4.94. The minimum Gasteiger partial charge on any atom is -0.465 e. The Labute approximate surface area is 133 Å². The number of carbonyl (C=O) groups is 3. The van der Waals surface area contributed by atoms with Crippen molar-refractivity contribution in [3.63, 3.8) is 0 Å². The van der Waals surface area contributed by atoms with E-state index in [2.05, 4.69) is 20.1 Å². The molecule has 0 aromatic heterocycles. The van der Waals surface area contributed by atoms with E-state index >= 15 is 0 Å². The van der Waals surface area contributed by atoms with Crippen molar-refractivity contribution in [1.29, 1.82) is 0 Å². The SMILES string of the molecule is COC(=O)c1cc(NC(=O)N[C@H]2CCOC2)cc(C(=O)OC)c1. The molecule has 2 rings (SSSR count). The number of esters is 2. The average Bonchev–Trinajstić information content (AvgIpc) is 3.05. The van der Waals surface area contributed by atoms with Crippen molar-refractivity contribution < 1.29 is 28.6 Å². The van der Waals surface area contributed by atoms with E-state index in [0.717, 1.165) is 6.42 Å². The zero-order chi connectivity index (χ0) is 16.8. The van der Waals surface area contributed by atoms with Crippen LogP contribution in [-0.4, -0.2) is 51.4 Å². The van der Waals surface area contributed by atoms with Gasteiger partial charge in [-0.05, 0) is 24.6 Å². The summed E-state index contributed by atoms with van der Waals surface area (Å²) in [5.41, 5.74) is 0.550. The van der Waals surface area contributed by atoms with E-state index in [1.54, 1.807) is 0 Å². The fraction of sp³-hybridized carbons (Fsp3) is 0.400. The number of anilines is 1. The fourth-order valence-electron chi connectivity index (χ4n) is 2.17. The van der Waals surface area contributed by atoms with Gasteiger partial charge in [0.1, 0.15) is 0 Å². The molecule has 23 heavy (non-hydrogen) atoms. The van der Waals surface area contributed by atoms with Crippen LogP contribution in [0.25, 0.3) is 0 Å². The minimum absolute atomic E-state index is 0.0566. The van der Waals surface area contributed by atoms with E-state index in [0.29, 0.717) is 13.2 Å². The molecular weight excluding hydrogens is 304 g/mol. The molecule has 1 heterocycles. The van der Waals surface area contributed by atoms with Crippen LogP contribution >= 0.6 is 0 Å². The maximum Gasteiger partial charge on any atom is 0.337 e. The summed E-state index contributed by atoms with van der Waals surface area (Å²) in [6.45, 7) is 1.07. The lowest BCUT2D eigenvalue weighted by Gasteiger charge is -2.13. The van der Waals surface area contributed by atoms with E-state index in [1.165, 1.54) is 32.4 Å². The summed E-state index contributed by atoms with van der Waals surface area (Å²) < 4.78 is 14.4. The van der Waals surface area contributed by atoms with Gasteiger partial charge in [-0.15, -0.1) is 0 Å². The predicted molar refractivity (Wildman–Crippen MR) is 80.5 cm³/mol. The Kier molecular flexibility index (Phi) is 5.53. The van der Waals surface area contributed by atoms with Gasteiger partial charge in [-0.25, -0.2) is 14.4 Å². The molecule has 8 nitrogen and oxygen atoms in total. The molecule has 8 heteroatoms. The van der Waals surface area contributed by atoms with Gasteiger partial charge >= 0.3 is 18.0 Å². The fourth-order valence-corrected chi connectivity index (χ4v) is 2.17. The Hall–Kier alpha value is -2.61. The van der Waals surface area contributed by atoms with Crippen LogP contribution in [0, 0.1) is 0 Å². The smallest absolute Gasteiger partial charge is 0.337 e. The first-order chi connectivity index (χ1) is 11.0. The number of methoxy groups -OCH3 is 2. The van der Waals surface area contributed by atoms with Gasteiger partial charge in [-0.2, -0.15) is 0 Å². The summed E-state index contributed by atoms with van der Waals surface area (Å²) in [5, 5.41) is 5.33. The molecule has 0 radical (unpaired) electrons. The van der Waals surface area contributed by atoms with Crippen LogP contribution in [0.15, 0.2) is 18.2 Å². The molecule has 1 fully saturated rings. The van der Waals surface area contributed by atoms with Crippen LogP contribution in [0.5, 0.6) is 0 Å². The maximum atomic E-state index is 12.0. The lowest BCUT2D eigenvalue weighted by Crippen LogP contribution is -2.38. The molecule has 2 amide bonds. The van der Waals surface area contributed by atoms with Crippen molar-refractivity contribution in [2.75, 3.05) is 32.8 Å². The molecule has 0 bridgehead atoms. The molecule has 0 unspecified atom stereocenters. The lowest BCUT2D eigenvalue weighted by molar-refractivity contribution is 0.0599. The summed E-state index contributed by atoms with van der Waals surface area (Å²) in [6, 6.07) is 3.68. The van der Waals surface area contributed by atoms with Crippen LogP contribution in [0.4, 0.5) is 10.5 Å². The highest BCUT2D eigenvalue weighted by molar-refractivity contribution is 5.99. The number of hydrogen-bond acceptors (Lipinski definition) is 6. The first kappa shape index (κ1) is 16.8. The number of hydrogen-bond donors (Lipinski definition) is 2. The van der Waals surface area contributed by atoms with Crippen LogP contribution in [0.1, 0.15) is 27.1 Å². The highest BCUT2D eigenvalue weighted by atomic mass is 16.5. The van der Waals surface area contributed by atoms with Crippen molar-refractivity contribution in [1.82, 2.24) is 5.32 Å². The molecule has 1 aliphatic heterocycles. The maximum absolute atomic E-state index is 12.0. The van der Waals surface area contributed by atoms with Gasteiger partial charge in [-0.1, -0.05) is 0 Å². The molecule has 1 aliphatic rings. The highest BCUT2D eigenvalue weighted by Gasteiger charge is 2.19. The van der Waals surface area contributed by atoms with Gasteiger partial charge in [0, 0.05) is 12.3 Å². The molecular formula is C15H18N2O6. The minimum atomic E-state index is -0.622. The van der Waals surface area contributed by atoms with E-state index < -0.39 is 18.0 Å². The first-order valence-electron chi connectivity index (χ1n) is 7.00. The Bertz CT molecular complexity index is 576. The van der Waals surface area contributed by atoms with Gasteiger partial charge in [0.15, 0.2) is 0 Å². The number of nitrogens with one attached hydrogen (secondary N) is 2. The van der Waals surface area contributed by atoms with E-state index in [-0.39, 0.29) is 22.9 Å². The molecule has 1 atom stereocenters. The van der Waals surface area contributed by atoms with E-state index in [9.17, 15) is 14.4 Å². The monoisotopic (exact) mass is 322 g/mol. The van der Waals surface area contributed by atoms with E-state index in [1.807, 2.05) is 0 Å². The molecule has 0 aliphatic carbocycles. The van der Waals surface area contributed by atoms with Crippen molar-refractivity contribution in [2.45, 2.75) is 12.5 Å². The quantitative estimate of drug-likeness (QED) is 0.807. The van der Waals surface area contributed by atoms with Gasteiger partial charge in [0.05, 0.1) is 38.0 Å². The molecule has 0 saturated carbocycles. The molecule has 1 aromatic carbocycles. The van der Waals surface area contributed by atoms with Crippen molar-refractivity contribution in [3.05, 3.63) is 29.3 Å². The third-order valence-electron chi connectivity index (χ3n) is 3.30. The van der Waals surface area contributed by atoms with E-state index in [4.69, 9.17) is 4.74 Å². The average molecular weight is 322 g/mol. The number of amides is 2. The summed E-state index contributed by atoms with van der Waals surface area (Å²) in [6.07, 6.45) is 0.739. The predicted octanol–water partition coefficient (Wildman–Crippen LogP) is 1.17. The third-order valence-corrected chi connectivity index (χ3v) is 3.30. The summed E-state index contributed by atoms with van der Waals surface area (Å²) in [5.74, 6) is -1.24. The molecule has 1 aromatic rings. The lowest BCUT2D eigenvalue weighted by atomic mass is 10.1. The Morgan fingerprint density at radius 2 is 1.70 bits per heavy atom. The number of urea groups is 1. The summed E-state index contributed by atoms with van der Waals surface area (Å²) in [7, 11) is 2.46. The first-order valence-corrected chi connectivity index (χ1v) is 7.00. The number of rotatable bonds is 4. The Balaban J connectivity index is 2.16. The van der Waals surface area contributed by atoms with Crippen molar-refractivity contribution in [3.8, 4) is 0 Å².